The number of carbonyl (C=O) groups is 1. The van der Waals surface area contributed by atoms with Crippen molar-refractivity contribution < 1.29 is 4.79 Å². The van der Waals surface area contributed by atoms with Crippen molar-refractivity contribution in [1.29, 1.82) is 0 Å². The summed E-state index contributed by atoms with van der Waals surface area (Å²) in [5, 5.41) is 9.75. The van der Waals surface area contributed by atoms with Gasteiger partial charge in [-0.1, -0.05) is 81.9 Å². The number of Topliss-reactive ketones (excluding diaryl/α,β-unsaturated/α-hetero) is 1. The number of aromatic nitrogens is 4. The van der Waals surface area contributed by atoms with E-state index in [0.29, 0.717) is 10.9 Å². The smallest absolute Gasteiger partial charge is 0.196 e. The lowest BCUT2D eigenvalue weighted by Gasteiger charge is -2.19. The van der Waals surface area contributed by atoms with Crippen molar-refractivity contribution >= 4 is 17.5 Å². The van der Waals surface area contributed by atoms with Crippen LogP contribution in [-0.2, 0) is 12.0 Å². The van der Waals surface area contributed by atoms with Gasteiger partial charge in [-0.25, -0.2) is 0 Å². The molecule has 182 valence electrons. The molecule has 6 heteroatoms. The van der Waals surface area contributed by atoms with E-state index in [1.165, 1.54) is 17.3 Å². The van der Waals surface area contributed by atoms with E-state index in [9.17, 15) is 4.79 Å². The highest BCUT2D eigenvalue weighted by Crippen LogP contribution is 2.30. The van der Waals surface area contributed by atoms with Crippen molar-refractivity contribution in [1.82, 2.24) is 19.3 Å². The molecule has 4 aromatic rings. The summed E-state index contributed by atoms with van der Waals surface area (Å²) in [5.74, 6) is 1.20. The minimum absolute atomic E-state index is 0.0829. The number of hydrogen-bond donors (Lipinski definition) is 0. The molecule has 0 radical (unpaired) electrons. The Kier molecular flexibility index (Phi) is 7.31. The maximum Gasteiger partial charge on any atom is 0.196 e. The minimum Gasteiger partial charge on any atom is -0.348 e. The SMILES string of the molecule is CCCn1c(C)cc(C(=O)CSc2nnc(-c3ccc(C(C)(C)C)cc3)n2-c2ccccc2)c1C. The van der Waals surface area contributed by atoms with Crippen molar-refractivity contribution in [3.05, 3.63) is 83.2 Å². The van der Waals surface area contributed by atoms with Crippen LogP contribution in [-0.4, -0.2) is 30.9 Å². The quantitative estimate of drug-likeness (QED) is 0.198. The zero-order valence-corrected chi connectivity index (χ0v) is 22.3. The van der Waals surface area contributed by atoms with Gasteiger partial charge in [-0.2, -0.15) is 0 Å². The van der Waals surface area contributed by atoms with Crippen LogP contribution in [0.25, 0.3) is 17.1 Å². The molecule has 0 aliphatic carbocycles. The van der Waals surface area contributed by atoms with Gasteiger partial charge < -0.3 is 4.57 Å². The molecule has 0 bridgehead atoms. The third kappa shape index (κ3) is 5.27. The van der Waals surface area contributed by atoms with E-state index in [1.54, 1.807) is 0 Å². The molecule has 2 aromatic carbocycles. The number of benzene rings is 2. The topological polar surface area (TPSA) is 52.7 Å². The van der Waals surface area contributed by atoms with Gasteiger partial charge in [0.05, 0.1) is 5.75 Å². The molecule has 0 unspecified atom stereocenters. The maximum absolute atomic E-state index is 13.2. The Morgan fingerprint density at radius 3 is 2.29 bits per heavy atom. The third-order valence-corrected chi connectivity index (χ3v) is 7.24. The number of para-hydroxylation sites is 1. The highest BCUT2D eigenvalue weighted by molar-refractivity contribution is 7.99. The Hall–Kier alpha value is -3.12. The summed E-state index contributed by atoms with van der Waals surface area (Å²) in [4.78, 5) is 13.2. The average Bonchev–Trinajstić information content (AvgIpc) is 3.39. The average molecular weight is 487 g/mol. The zero-order valence-electron chi connectivity index (χ0n) is 21.5. The summed E-state index contributed by atoms with van der Waals surface area (Å²) in [6.45, 7) is 13.8. The molecule has 0 saturated heterocycles. The van der Waals surface area contributed by atoms with E-state index in [-0.39, 0.29) is 11.2 Å². The lowest BCUT2D eigenvalue weighted by atomic mass is 9.87. The Morgan fingerprint density at radius 2 is 1.66 bits per heavy atom. The molecular weight excluding hydrogens is 452 g/mol. The van der Waals surface area contributed by atoms with Crippen LogP contribution in [0.2, 0.25) is 0 Å². The molecule has 0 amide bonds. The first kappa shape index (κ1) is 25.0. The van der Waals surface area contributed by atoms with Gasteiger partial charge in [0.1, 0.15) is 0 Å². The van der Waals surface area contributed by atoms with Crippen molar-refractivity contribution in [3.8, 4) is 17.1 Å². The van der Waals surface area contributed by atoms with Crippen molar-refractivity contribution in [2.75, 3.05) is 5.75 Å². The van der Waals surface area contributed by atoms with E-state index in [4.69, 9.17) is 0 Å². The molecule has 0 N–H and O–H groups in total. The third-order valence-electron chi connectivity index (χ3n) is 6.31. The molecule has 0 aliphatic rings. The number of carbonyl (C=O) groups excluding carboxylic acids is 1. The first-order valence-corrected chi connectivity index (χ1v) is 13.1. The van der Waals surface area contributed by atoms with Gasteiger partial charge in [0, 0.05) is 34.7 Å². The van der Waals surface area contributed by atoms with Gasteiger partial charge >= 0.3 is 0 Å². The van der Waals surface area contributed by atoms with Crippen LogP contribution < -0.4 is 0 Å². The fourth-order valence-electron chi connectivity index (χ4n) is 4.34. The first-order chi connectivity index (χ1) is 16.7. The molecule has 0 atom stereocenters. The normalized spacial score (nSPS) is 11.7. The summed E-state index contributed by atoms with van der Waals surface area (Å²) >= 11 is 1.44. The van der Waals surface area contributed by atoms with Gasteiger partial charge in [-0.15, -0.1) is 10.2 Å². The monoisotopic (exact) mass is 486 g/mol. The van der Waals surface area contributed by atoms with Crippen LogP contribution in [0.3, 0.4) is 0 Å². The highest BCUT2D eigenvalue weighted by Gasteiger charge is 2.21. The van der Waals surface area contributed by atoms with Crippen LogP contribution in [0.5, 0.6) is 0 Å². The van der Waals surface area contributed by atoms with Crippen molar-refractivity contribution in [2.24, 2.45) is 0 Å². The number of thioether (sulfide) groups is 1. The van der Waals surface area contributed by atoms with Crippen LogP contribution in [0.15, 0.2) is 65.8 Å². The zero-order chi connectivity index (χ0) is 25.2. The summed E-state index contributed by atoms with van der Waals surface area (Å²) < 4.78 is 4.27. The standard InChI is InChI=1S/C29H34N4OS/c1-7-17-32-20(2)18-25(21(32)3)26(34)19-35-28-31-30-27(33(28)24-11-9-8-10-12-24)22-13-15-23(16-14-22)29(4,5)6/h8-16,18H,7,17,19H2,1-6H3. The summed E-state index contributed by atoms with van der Waals surface area (Å²) in [7, 11) is 0. The van der Waals surface area contributed by atoms with Gasteiger partial charge in [0.25, 0.3) is 0 Å². The predicted octanol–water partition coefficient (Wildman–Crippen LogP) is 7.04. The highest BCUT2D eigenvalue weighted by atomic mass is 32.2. The molecule has 4 rings (SSSR count). The fraction of sp³-hybridized carbons (Fsp3) is 0.345. The predicted molar refractivity (Wildman–Crippen MR) is 145 cm³/mol. The molecule has 0 spiro atoms. The molecule has 0 saturated carbocycles. The summed E-state index contributed by atoms with van der Waals surface area (Å²) in [5.41, 5.74) is 6.30. The van der Waals surface area contributed by atoms with Gasteiger partial charge in [0.15, 0.2) is 16.8 Å². The Balaban J connectivity index is 1.64. The lowest BCUT2D eigenvalue weighted by molar-refractivity contribution is 0.102. The van der Waals surface area contributed by atoms with Gasteiger partial charge in [0.2, 0.25) is 0 Å². The van der Waals surface area contributed by atoms with Crippen LogP contribution in [0.1, 0.15) is 61.4 Å². The lowest BCUT2D eigenvalue weighted by Crippen LogP contribution is -2.10. The maximum atomic E-state index is 13.2. The number of aryl methyl sites for hydroxylation is 1. The van der Waals surface area contributed by atoms with Crippen LogP contribution in [0, 0.1) is 13.8 Å². The van der Waals surface area contributed by atoms with Crippen molar-refractivity contribution in [3.63, 3.8) is 0 Å². The molecule has 2 aromatic heterocycles. The number of rotatable bonds is 8. The Morgan fingerprint density at radius 1 is 0.971 bits per heavy atom. The fourth-order valence-corrected chi connectivity index (χ4v) is 5.17. The summed E-state index contributed by atoms with van der Waals surface area (Å²) in [6.07, 6.45) is 1.04. The van der Waals surface area contributed by atoms with E-state index < -0.39 is 0 Å². The largest absolute Gasteiger partial charge is 0.348 e. The molecular formula is C29H34N4OS. The van der Waals surface area contributed by atoms with Crippen molar-refractivity contribution in [2.45, 2.75) is 65.1 Å². The van der Waals surface area contributed by atoms with Gasteiger partial charge in [-0.3, -0.25) is 9.36 Å². The van der Waals surface area contributed by atoms with Gasteiger partial charge in [-0.05, 0) is 49.4 Å². The van der Waals surface area contributed by atoms with E-state index >= 15 is 0 Å². The van der Waals surface area contributed by atoms with E-state index in [0.717, 1.165) is 47.0 Å². The second kappa shape index (κ2) is 10.2. The summed E-state index contributed by atoms with van der Waals surface area (Å²) in [6, 6.07) is 20.6. The number of ketones is 1. The Bertz CT molecular complexity index is 1310. The van der Waals surface area contributed by atoms with E-state index in [1.807, 2.05) is 47.9 Å². The molecule has 5 nitrogen and oxygen atoms in total. The minimum atomic E-state index is 0.0829. The molecule has 35 heavy (non-hydrogen) atoms. The molecule has 0 aliphatic heterocycles. The molecule has 2 heterocycles. The Labute approximate surface area is 212 Å². The second-order valence-corrected chi connectivity index (χ2v) is 10.9. The number of nitrogens with zero attached hydrogens (tertiary/aromatic N) is 4. The van der Waals surface area contributed by atoms with Crippen LogP contribution in [0.4, 0.5) is 0 Å². The van der Waals surface area contributed by atoms with E-state index in [2.05, 4.69) is 73.6 Å². The molecule has 0 fully saturated rings. The number of hydrogen-bond acceptors (Lipinski definition) is 4. The van der Waals surface area contributed by atoms with Crippen LogP contribution >= 0.6 is 11.8 Å². The first-order valence-electron chi connectivity index (χ1n) is 12.1. The second-order valence-electron chi connectivity index (χ2n) is 9.95.